The van der Waals surface area contributed by atoms with E-state index in [1.165, 1.54) is 6.07 Å². The molecule has 0 saturated carbocycles. The number of aryl methyl sites for hydroxylation is 2. The highest BCUT2D eigenvalue weighted by Crippen LogP contribution is 2.25. The van der Waals surface area contributed by atoms with Crippen LogP contribution in [-0.4, -0.2) is 16.8 Å². The number of hydrogen-bond donors (Lipinski definition) is 1. The Morgan fingerprint density at radius 3 is 2.71 bits per heavy atom. The van der Waals surface area contributed by atoms with Crippen LogP contribution in [0.4, 0.5) is 4.39 Å². The van der Waals surface area contributed by atoms with Crippen LogP contribution in [0.25, 0.3) is 0 Å². The smallest absolute Gasteiger partial charge is 0.165 e. The van der Waals surface area contributed by atoms with Crippen molar-refractivity contribution in [3.8, 4) is 5.75 Å². The number of aromatic nitrogens is 2. The molecule has 0 fully saturated rings. The third-order valence-electron chi connectivity index (χ3n) is 3.53. The van der Waals surface area contributed by atoms with Crippen molar-refractivity contribution < 1.29 is 9.13 Å². The minimum atomic E-state index is -0.382. The maximum atomic E-state index is 14.0. The first-order chi connectivity index (χ1) is 9.93. The van der Waals surface area contributed by atoms with Crippen LogP contribution < -0.4 is 10.1 Å². The van der Waals surface area contributed by atoms with E-state index in [-0.39, 0.29) is 24.2 Å². The van der Waals surface area contributed by atoms with E-state index in [1.807, 2.05) is 27.0 Å². The third-order valence-corrected chi connectivity index (χ3v) is 4.00. The quantitative estimate of drug-likeness (QED) is 0.920. The van der Waals surface area contributed by atoms with Crippen LogP contribution in [0.1, 0.15) is 29.8 Å². The van der Waals surface area contributed by atoms with Gasteiger partial charge in [0.2, 0.25) is 0 Å². The lowest BCUT2D eigenvalue weighted by atomic mass is 10.1. The first-order valence-corrected chi connectivity index (χ1v) is 7.09. The molecule has 0 radical (unpaired) electrons. The molecule has 2 aromatic rings. The molecule has 0 aliphatic heterocycles. The van der Waals surface area contributed by atoms with E-state index in [9.17, 15) is 4.39 Å². The predicted octanol–water partition coefficient (Wildman–Crippen LogP) is 3.38. The van der Waals surface area contributed by atoms with Gasteiger partial charge >= 0.3 is 0 Å². The summed E-state index contributed by atoms with van der Waals surface area (Å²) in [5.41, 5.74) is 2.42. The van der Waals surface area contributed by atoms with Gasteiger partial charge in [-0.15, -0.1) is 0 Å². The first kappa shape index (κ1) is 15.8. The Kier molecular flexibility index (Phi) is 4.85. The normalized spacial score (nSPS) is 12.5. The molecule has 0 aliphatic carbocycles. The van der Waals surface area contributed by atoms with Gasteiger partial charge in [-0.05, 0) is 38.6 Å². The molecule has 0 aliphatic rings. The molecule has 21 heavy (non-hydrogen) atoms. The number of benzene rings is 1. The molecule has 1 N–H and O–H groups in total. The molecule has 0 spiro atoms. The molecule has 114 valence electrons. The van der Waals surface area contributed by atoms with Crippen molar-refractivity contribution >= 4 is 11.6 Å². The highest BCUT2D eigenvalue weighted by molar-refractivity contribution is 6.30. The van der Waals surface area contributed by atoms with Gasteiger partial charge in [-0.1, -0.05) is 17.7 Å². The summed E-state index contributed by atoms with van der Waals surface area (Å²) in [6.07, 6.45) is 0. The van der Waals surface area contributed by atoms with Gasteiger partial charge in [0, 0.05) is 18.7 Å². The van der Waals surface area contributed by atoms with Gasteiger partial charge in [0.25, 0.3) is 0 Å². The summed E-state index contributed by atoms with van der Waals surface area (Å²) >= 11 is 6.12. The number of rotatable bonds is 5. The monoisotopic (exact) mass is 311 g/mol. The average Bonchev–Trinajstić information content (AvgIpc) is 2.70. The second kappa shape index (κ2) is 6.45. The molecule has 1 heterocycles. The zero-order valence-corrected chi connectivity index (χ0v) is 13.3. The largest absolute Gasteiger partial charge is 0.486 e. The lowest BCUT2D eigenvalue weighted by Crippen LogP contribution is -2.12. The van der Waals surface area contributed by atoms with E-state index in [4.69, 9.17) is 16.3 Å². The van der Waals surface area contributed by atoms with Gasteiger partial charge in [0.05, 0.1) is 5.69 Å². The van der Waals surface area contributed by atoms with Crippen LogP contribution in [-0.2, 0) is 13.7 Å². The van der Waals surface area contributed by atoms with Gasteiger partial charge in [-0.3, -0.25) is 4.68 Å². The summed E-state index contributed by atoms with van der Waals surface area (Å²) in [5.74, 6) is -0.173. The maximum Gasteiger partial charge on any atom is 0.165 e. The van der Waals surface area contributed by atoms with Crippen LogP contribution in [0.5, 0.6) is 5.75 Å². The predicted molar refractivity (Wildman–Crippen MR) is 81.2 cm³/mol. The molecule has 1 unspecified atom stereocenters. The van der Waals surface area contributed by atoms with Crippen molar-refractivity contribution in [1.82, 2.24) is 15.1 Å². The SMILES string of the molecule is CNC(C)c1ccc(OCc2c(C)nn(C)c2Cl)c(F)c1. The molecule has 1 aromatic heterocycles. The lowest BCUT2D eigenvalue weighted by molar-refractivity contribution is 0.289. The maximum absolute atomic E-state index is 14.0. The second-order valence-electron chi connectivity index (χ2n) is 4.97. The minimum Gasteiger partial charge on any atom is -0.486 e. The van der Waals surface area contributed by atoms with Crippen molar-refractivity contribution in [2.24, 2.45) is 7.05 Å². The van der Waals surface area contributed by atoms with Crippen molar-refractivity contribution in [1.29, 1.82) is 0 Å². The van der Waals surface area contributed by atoms with Crippen LogP contribution in [0.15, 0.2) is 18.2 Å². The fraction of sp³-hybridized carbons (Fsp3) is 0.400. The molecular formula is C15H19ClFN3O. The summed E-state index contributed by atoms with van der Waals surface area (Å²) in [4.78, 5) is 0. The van der Waals surface area contributed by atoms with E-state index in [0.29, 0.717) is 5.15 Å². The van der Waals surface area contributed by atoms with Crippen LogP contribution in [0.2, 0.25) is 5.15 Å². The topological polar surface area (TPSA) is 39.1 Å². The average molecular weight is 312 g/mol. The highest BCUT2D eigenvalue weighted by Gasteiger charge is 2.14. The number of nitrogens with one attached hydrogen (secondary N) is 1. The molecule has 6 heteroatoms. The van der Waals surface area contributed by atoms with E-state index in [2.05, 4.69) is 10.4 Å². The zero-order valence-electron chi connectivity index (χ0n) is 12.6. The third kappa shape index (κ3) is 3.36. The second-order valence-corrected chi connectivity index (χ2v) is 5.33. The van der Waals surface area contributed by atoms with Gasteiger partial charge in [0.15, 0.2) is 11.6 Å². The van der Waals surface area contributed by atoms with Crippen LogP contribution >= 0.6 is 11.6 Å². The van der Waals surface area contributed by atoms with Crippen LogP contribution in [0.3, 0.4) is 0 Å². The van der Waals surface area contributed by atoms with Crippen molar-refractivity contribution in [3.05, 3.63) is 46.0 Å². The number of halogens is 2. The standard InChI is InChI=1S/C15H19ClFN3O/c1-9(18-3)11-5-6-14(13(17)7-11)21-8-12-10(2)19-20(4)15(12)16/h5-7,9,18H,8H2,1-4H3. The Balaban J connectivity index is 2.13. The highest BCUT2D eigenvalue weighted by atomic mass is 35.5. The Morgan fingerprint density at radius 2 is 2.19 bits per heavy atom. The Morgan fingerprint density at radius 1 is 1.48 bits per heavy atom. The number of ether oxygens (including phenoxy) is 1. The first-order valence-electron chi connectivity index (χ1n) is 6.71. The molecule has 2 rings (SSSR count). The summed E-state index contributed by atoms with van der Waals surface area (Å²) in [6.45, 7) is 4.00. The van der Waals surface area contributed by atoms with Crippen molar-refractivity contribution in [2.45, 2.75) is 26.5 Å². The fourth-order valence-corrected chi connectivity index (χ4v) is 2.29. The van der Waals surface area contributed by atoms with E-state index < -0.39 is 0 Å². The van der Waals surface area contributed by atoms with Gasteiger partial charge in [0.1, 0.15) is 11.8 Å². The van der Waals surface area contributed by atoms with Crippen molar-refractivity contribution in [2.75, 3.05) is 7.05 Å². The summed E-state index contributed by atoms with van der Waals surface area (Å²) in [6, 6.07) is 5.05. The van der Waals surface area contributed by atoms with Gasteiger partial charge in [-0.25, -0.2) is 4.39 Å². The minimum absolute atomic E-state index is 0.0866. The Bertz CT molecular complexity index is 642. The molecule has 0 amide bonds. The van der Waals surface area contributed by atoms with E-state index in [0.717, 1.165) is 16.8 Å². The Hall–Kier alpha value is -1.59. The molecule has 1 atom stereocenters. The molecule has 0 bridgehead atoms. The lowest BCUT2D eigenvalue weighted by Gasteiger charge is -2.13. The van der Waals surface area contributed by atoms with Crippen LogP contribution in [0, 0.1) is 12.7 Å². The molecule has 1 aromatic carbocycles. The molecule has 0 saturated heterocycles. The molecule has 4 nitrogen and oxygen atoms in total. The fourth-order valence-electron chi connectivity index (χ4n) is 2.06. The summed E-state index contributed by atoms with van der Waals surface area (Å²) in [5, 5.41) is 7.77. The van der Waals surface area contributed by atoms with Gasteiger partial charge < -0.3 is 10.1 Å². The Labute approximate surface area is 128 Å². The molecular weight excluding hydrogens is 293 g/mol. The summed E-state index contributed by atoms with van der Waals surface area (Å²) in [7, 11) is 3.59. The van der Waals surface area contributed by atoms with Gasteiger partial charge in [-0.2, -0.15) is 5.10 Å². The van der Waals surface area contributed by atoms with Crippen molar-refractivity contribution in [3.63, 3.8) is 0 Å². The summed E-state index contributed by atoms with van der Waals surface area (Å²) < 4.78 is 21.2. The number of nitrogens with zero attached hydrogens (tertiary/aromatic N) is 2. The van der Waals surface area contributed by atoms with E-state index in [1.54, 1.807) is 17.8 Å². The van der Waals surface area contributed by atoms with E-state index >= 15 is 0 Å². The number of hydrogen-bond acceptors (Lipinski definition) is 3. The zero-order chi connectivity index (χ0) is 15.6.